The fourth-order valence-electron chi connectivity index (χ4n) is 1.35. The van der Waals surface area contributed by atoms with Crippen molar-refractivity contribution < 1.29 is 15.9 Å². The second-order valence-corrected chi connectivity index (χ2v) is 3.05. The van der Waals surface area contributed by atoms with E-state index >= 15 is 0 Å². The molecule has 2 rings (SSSR count). The van der Waals surface area contributed by atoms with Crippen molar-refractivity contribution in [2.24, 2.45) is 0 Å². The van der Waals surface area contributed by atoms with Gasteiger partial charge >= 0.3 is 79.5 Å². The molecule has 0 heterocycles. The van der Waals surface area contributed by atoms with Crippen molar-refractivity contribution in [1.82, 2.24) is 0 Å². The van der Waals surface area contributed by atoms with Crippen LogP contribution in [0.25, 0.3) is 10.8 Å². The van der Waals surface area contributed by atoms with Gasteiger partial charge in [-0.3, -0.25) is 0 Å². The molecule has 0 unspecified atom stereocenters. The molecule has 0 saturated carbocycles. The minimum atomic E-state index is 1.26. The van der Waals surface area contributed by atoms with Crippen LogP contribution < -0.4 is 0 Å². The Morgan fingerprint density at radius 1 is 0.917 bits per heavy atom. The van der Waals surface area contributed by atoms with Gasteiger partial charge < -0.3 is 0 Å². The van der Waals surface area contributed by atoms with Crippen molar-refractivity contribution in [2.75, 3.05) is 0 Å². The molecule has 0 aromatic heterocycles. The van der Waals surface area contributed by atoms with Crippen LogP contribution in [0.5, 0.6) is 0 Å². The molecule has 0 radical (unpaired) electrons. The molecule has 0 amide bonds. The average molecular weight is 192 g/mol. The normalized spacial score (nSPS) is 10.0. The summed E-state index contributed by atoms with van der Waals surface area (Å²) in [6.45, 7) is 0. The summed E-state index contributed by atoms with van der Waals surface area (Å²) in [5.74, 6) is 0. The molecule has 2 aromatic carbocycles. The number of fused-ring (bicyclic) bond motifs is 1. The van der Waals surface area contributed by atoms with Crippen molar-refractivity contribution in [3.63, 3.8) is 0 Å². The van der Waals surface area contributed by atoms with Gasteiger partial charge in [-0.15, -0.1) is 0 Å². The maximum atomic E-state index is 2.93. The van der Waals surface area contributed by atoms with Gasteiger partial charge in [0.15, 0.2) is 0 Å². The van der Waals surface area contributed by atoms with E-state index in [-0.39, 0.29) is 0 Å². The van der Waals surface area contributed by atoms with Crippen LogP contribution in [0.15, 0.2) is 42.5 Å². The van der Waals surface area contributed by atoms with Crippen molar-refractivity contribution >= 4 is 15.7 Å². The van der Waals surface area contributed by atoms with Crippen LogP contribution in [-0.4, -0.2) is 4.88 Å². The Morgan fingerprint density at radius 3 is 2.50 bits per heavy atom. The van der Waals surface area contributed by atoms with Crippen LogP contribution in [0.1, 0.15) is 5.56 Å². The Labute approximate surface area is 79.8 Å². The minimum absolute atomic E-state index is 1.26. The fraction of sp³-hybridized carbons (Fsp3) is 0. The second-order valence-electron chi connectivity index (χ2n) is 2.69. The van der Waals surface area contributed by atoms with Crippen molar-refractivity contribution in [3.05, 3.63) is 48.0 Å². The number of benzene rings is 2. The monoisotopic (exact) mass is 192 g/mol. The summed E-state index contributed by atoms with van der Waals surface area (Å²) in [5.41, 5.74) is 1.26. The van der Waals surface area contributed by atoms with Crippen LogP contribution in [0.3, 0.4) is 0 Å². The van der Waals surface area contributed by atoms with Gasteiger partial charge in [0, 0.05) is 0 Å². The summed E-state index contributed by atoms with van der Waals surface area (Å²) in [7, 11) is 0. The van der Waals surface area contributed by atoms with Gasteiger partial charge in [-0.05, 0) is 0 Å². The summed E-state index contributed by atoms with van der Waals surface area (Å²) in [6, 6.07) is 14.7. The molecule has 2 aromatic rings. The Hall–Kier alpha value is -0.898. The van der Waals surface area contributed by atoms with Gasteiger partial charge in [0.25, 0.3) is 0 Å². The number of hydrogen-bond donors (Lipinski definition) is 0. The van der Waals surface area contributed by atoms with Crippen LogP contribution in [0.4, 0.5) is 0 Å². The Balaban J connectivity index is 2.88. The zero-order valence-corrected chi connectivity index (χ0v) is 7.80. The third-order valence-corrected chi connectivity index (χ3v) is 2.35. The van der Waals surface area contributed by atoms with Crippen molar-refractivity contribution in [2.45, 2.75) is 0 Å². The van der Waals surface area contributed by atoms with E-state index in [1.165, 1.54) is 16.3 Å². The molecule has 12 heavy (non-hydrogen) atoms. The molecule has 0 aliphatic carbocycles. The van der Waals surface area contributed by atoms with Crippen molar-refractivity contribution in [1.29, 1.82) is 0 Å². The van der Waals surface area contributed by atoms with Gasteiger partial charge in [0.05, 0.1) is 0 Å². The first-order valence-corrected chi connectivity index (χ1v) is 4.58. The molecular formula is C11H8Cr. The van der Waals surface area contributed by atoms with E-state index in [0.717, 1.165) is 0 Å². The molecule has 0 bridgehead atoms. The molecule has 0 N–H and O–H groups in total. The zero-order valence-electron chi connectivity index (χ0n) is 6.53. The fourth-order valence-corrected chi connectivity index (χ4v) is 1.67. The van der Waals surface area contributed by atoms with Crippen molar-refractivity contribution in [3.8, 4) is 0 Å². The summed E-state index contributed by atoms with van der Waals surface area (Å²) in [4.78, 5) is 2.02. The molecule has 0 atom stereocenters. The Morgan fingerprint density at radius 2 is 1.67 bits per heavy atom. The molecule has 0 aliphatic rings. The molecule has 58 valence electrons. The van der Waals surface area contributed by atoms with Gasteiger partial charge in [0.1, 0.15) is 0 Å². The molecule has 0 fully saturated rings. The summed E-state index contributed by atoms with van der Waals surface area (Å²) in [6.07, 6.45) is 0. The van der Waals surface area contributed by atoms with Crippen LogP contribution in [0.2, 0.25) is 0 Å². The zero-order chi connectivity index (χ0) is 8.39. The first-order chi connectivity index (χ1) is 5.92. The molecule has 0 aliphatic heterocycles. The topological polar surface area (TPSA) is 0 Å². The van der Waals surface area contributed by atoms with Gasteiger partial charge in [-0.1, -0.05) is 0 Å². The summed E-state index contributed by atoms with van der Waals surface area (Å²) in [5, 5.41) is 2.60. The quantitative estimate of drug-likeness (QED) is 0.651. The van der Waals surface area contributed by atoms with Gasteiger partial charge in [0.2, 0.25) is 0 Å². The van der Waals surface area contributed by atoms with E-state index in [1.807, 2.05) is 4.88 Å². The van der Waals surface area contributed by atoms with Gasteiger partial charge in [-0.2, -0.15) is 0 Å². The number of hydrogen-bond acceptors (Lipinski definition) is 0. The molecular weight excluding hydrogens is 184 g/mol. The third kappa shape index (κ3) is 1.22. The maximum absolute atomic E-state index is 2.93. The molecule has 1 heteroatoms. The molecule has 0 nitrogen and oxygen atoms in total. The summed E-state index contributed by atoms with van der Waals surface area (Å²) < 4.78 is 0. The van der Waals surface area contributed by atoms with E-state index in [4.69, 9.17) is 0 Å². The van der Waals surface area contributed by atoms with Gasteiger partial charge in [-0.25, -0.2) is 0 Å². The summed E-state index contributed by atoms with van der Waals surface area (Å²) >= 11 is 2.93. The van der Waals surface area contributed by atoms with E-state index < -0.39 is 0 Å². The first-order valence-electron chi connectivity index (χ1n) is 3.85. The van der Waals surface area contributed by atoms with E-state index in [1.54, 1.807) is 0 Å². The van der Waals surface area contributed by atoms with Crippen LogP contribution in [0, 0.1) is 0 Å². The van der Waals surface area contributed by atoms with Crippen LogP contribution in [-0.2, 0) is 15.9 Å². The number of rotatable bonds is 1. The van der Waals surface area contributed by atoms with E-state index in [0.29, 0.717) is 0 Å². The predicted molar refractivity (Wildman–Crippen MR) is 49.1 cm³/mol. The average Bonchev–Trinajstić information content (AvgIpc) is 2.17. The predicted octanol–water partition coefficient (Wildman–Crippen LogP) is 2.54. The van der Waals surface area contributed by atoms with E-state index in [2.05, 4.69) is 58.3 Å². The van der Waals surface area contributed by atoms with E-state index in [9.17, 15) is 0 Å². The second kappa shape index (κ2) is 3.23. The Kier molecular flexibility index (Phi) is 2.08. The third-order valence-electron chi connectivity index (χ3n) is 1.95. The molecule has 0 saturated heterocycles. The van der Waals surface area contributed by atoms with Crippen LogP contribution >= 0.6 is 0 Å². The Bertz CT molecular complexity index is 413. The first kappa shape index (κ1) is 7.74. The molecule has 0 spiro atoms. The SMILES string of the molecule is [Cr]=[CH]c1cccc2ccccc12. The standard InChI is InChI=1S/C11H8.Cr/c1-9-5-4-7-10-6-2-3-8-11(9)10;/h1-8H;.